The highest BCUT2D eigenvalue weighted by atomic mass is 16.2. The van der Waals surface area contributed by atoms with Crippen molar-refractivity contribution in [1.82, 2.24) is 10.6 Å². The highest BCUT2D eigenvalue weighted by Crippen LogP contribution is 2.28. The molecule has 2 aliphatic heterocycles. The van der Waals surface area contributed by atoms with Gasteiger partial charge >= 0.3 is 0 Å². The van der Waals surface area contributed by atoms with Gasteiger partial charge in [-0.25, -0.2) is 0 Å². The molecule has 3 rings (SSSR count). The Hall–Kier alpha value is -1.55. The Kier molecular flexibility index (Phi) is 2.52. The zero-order chi connectivity index (χ0) is 11.8. The SMILES string of the molecule is CCc1ccc2c(c1)C(=O)N[C@H]1CNCCN21. The summed E-state index contributed by atoms with van der Waals surface area (Å²) < 4.78 is 0. The molecule has 0 spiro atoms. The van der Waals surface area contributed by atoms with Crippen molar-refractivity contribution in [2.75, 3.05) is 24.5 Å². The predicted molar refractivity (Wildman–Crippen MR) is 67.3 cm³/mol. The normalized spacial score (nSPS) is 22.8. The summed E-state index contributed by atoms with van der Waals surface area (Å²) in [6.07, 6.45) is 1.07. The molecule has 1 aromatic carbocycles. The Morgan fingerprint density at radius 2 is 2.35 bits per heavy atom. The summed E-state index contributed by atoms with van der Waals surface area (Å²) in [7, 11) is 0. The van der Waals surface area contributed by atoms with E-state index < -0.39 is 0 Å². The van der Waals surface area contributed by atoms with E-state index in [1.54, 1.807) is 0 Å². The average molecular weight is 231 g/mol. The minimum atomic E-state index is 0.0558. The van der Waals surface area contributed by atoms with E-state index in [9.17, 15) is 4.79 Å². The number of benzene rings is 1. The van der Waals surface area contributed by atoms with Gasteiger partial charge in [0.25, 0.3) is 5.91 Å². The van der Waals surface area contributed by atoms with Crippen LogP contribution in [0.3, 0.4) is 0 Å². The van der Waals surface area contributed by atoms with Crippen LogP contribution in [0.5, 0.6) is 0 Å². The van der Waals surface area contributed by atoms with Crippen molar-refractivity contribution in [3.8, 4) is 0 Å². The number of nitrogens with one attached hydrogen (secondary N) is 2. The Labute approximate surface area is 101 Å². The number of nitrogens with zero attached hydrogens (tertiary/aromatic N) is 1. The summed E-state index contributed by atoms with van der Waals surface area (Å²) in [5.41, 5.74) is 3.12. The lowest BCUT2D eigenvalue weighted by molar-refractivity contribution is 0.0922. The molecule has 4 heteroatoms. The Morgan fingerprint density at radius 1 is 1.47 bits per heavy atom. The molecule has 1 amide bonds. The fourth-order valence-corrected chi connectivity index (χ4v) is 2.59. The molecule has 0 aliphatic carbocycles. The molecular formula is C13H17N3O. The summed E-state index contributed by atoms with van der Waals surface area (Å²) in [4.78, 5) is 14.3. The molecule has 0 bridgehead atoms. The smallest absolute Gasteiger partial charge is 0.255 e. The van der Waals surface area contributed by atoms with Crippen LogP contribution >= 0.6 is 0 Å². The largest absolute Gasteiger partial charge is 0.348 e. The maximum absolute atomic E-state index is 12.0. The second-order valence-corrected chi connectivity index (χ2v) is 4.59. The van der Waals surface area contributed by atoms with Crippen molar-refractivity contribution < 1.29 is 4.79 Å². The molecule has 4 nitrogen and oxygen atoms in total. The highest BCUT2D eigenvalue weighted by Gasteiger charge is 2.32. The van der Waals surface area contributed by atoms with Gasteiger partial charge < -0.3 is 15.5 Å². The molecule has 1 aromatic rings. The van der Waals surface area contributed by atoms with E-state index >= 15 is 0 Å². The van der Waals surface area contributed by atoms with Gasteiger partial charge in [-0.05, 0) is 24.1 Å². The summed E-state index contributed by atoms with van der Waals surface area (Å²) in [5, 5.41) is 6.35. The van der Waals surface area contributed by atoms with Crippen molar-refractivity contribution in [2.24, 2.45) is 0 Å². The number of hydrogen-bond acceptors (Lipinski definition) is 3. The minimum Gasteiger partial charge on any atom is -0.348 e. The van der Waals surface area contributed by atoms with Crippen molar-refractivity contribution in [3.63, 3.8) is 0 Å². The summed E-state index contributed by atoms with van der Waals surface area (Å²) in [6.45, 7) is 4.85. The molecule has 17 heavy (non-hydrogen) atoms. The summed E-state index contributed by atoms with van der Waals surface area (Å²) in [6, 6.07) is 6.23. The van der Waals surface area contributed by atoms with E-state index in [-0.39, 0.29) is 12.1 Å². The van der Waals surface area contributed by atoms with Crippen LogP contribution in [0, 0.1) is 0 Å². The first-order valence-electron chi connectivity index (χ1n) is 6.20. The first-order chi connectivity index (χ1) is 8.29. The first-order valence-corrected chi connectivity index (χ1v) is 6.20. The molecular weight excluding hydrogens is 214 g/mol. The van der Waals surface area contributed by atoms with Gasteiger partial charge in [-0.1, -0.05) is 13.0 Å². The van der Waals surface area contributed by atoms with Crippen LogP contribution in [0.15, 0.2) is 18.2 Å². The average Bonchev–Trinajstić information content (AvgIpc) is 2.38. The maximum atomic E-state index is 12.0. The second kappa shape index (κ2) is 4.04. The van der Waals surface area contributed by atoms with Crippen LogP contribution < -0.4 is 15.5 Å². The van der Waals surface area contributed by atoms with Gasteiger partial charge in [0.05, 0.1) is 11.3 Å². The predicted octanol–water partition coefficient (Wildman–Crippen LogP) is 0.728. The number of amides is 1. The lowest BCUT2D eigenvalue weighted by Crippen LogP contribution is -2.62. The molecule has 90 valence electrons. The monoisotopic (exact) mass is 231 g/mol. The Morgan fingerprint density at radius 3 is 3.18 bits per heavy atom. The van der Waals surface area contributed by atoms with Gasteiger partial charge in [0.1, 0.15) is 6.17 Å². The van der Waals surface area contributed by atoms with Crippen LogP contribution in [0.25, 0.3) is 0 Å². The standard InChI is InChI=1S/C13H17N3O/c1-2-9-3-4-11-10(7-9)13(17)15-12-8-14-5-6-16(11)12/h3-4,7,12,14H,2,5-6,8H2,1H3,(H,15,17)/t12-/m1/s1. The third kappa shape index (κ3) is 1.69. The number of rotatable bonds is 1. The number of carbonyl (C=O) groups is 1. The van der Waals surface area contributed by atoms with Crippen molar-refractivity contribution in [3.05, 3.63) is 29.3 Å². The van der Waals surface area contributed by atoms with Gasteiger partial charge in [0.15, 0.2) is 0 Å². The van der Waals surface area contributed by atoms with E-state index in [0.29, 0.717) is 0 Å². The van der Waals surface area contributed by atoms with Crippen molar-refractivity contribution >= 4 is 11.6 Å². The Bertz CT molecular complexity index is 458. The number of hydrogen-bond donors (Lipinski definition) is 2. The van der Waals surface area contributed by atoms with Crippen LogP contribution in [0.1, 0.15) is 22.8 Å². The van der Waals surface area contributed by atoms with Crippen LogP contribution in [-0.2, 0) is 6.42 Å². The first kappa shape index (κ1) is 10.6. The van der Waals surface area contributed by atoms with Crippen LogP contribution in [0.2, 0.25) is 0 Å². The molecule has 2 heterocycles. The van der Waals surface area contributed by atoms with E-state index in [0.717, 1.165) is 37.3 Å². The molecule has 2 N–H and O–H groups in total. The van der Waals surface area contributed by atoms with Gasteiger partial charge in [0.2, 0.25) is 0 Å². The molecule has 1 atom stereocenters. The van der Waals surface area contributed by atoms with E-state index in [1.165, 1.54) is 5.56 Å². The third-order valence-electron chi connectivity index (χ3n) is 3.56. The lowest BCUT2D eigenvalue weighted by atomic mass is 10.0. The van der Waals surface area contributed by atoms with Gasteiger partial charge in [-0.3, -0.25) is 4.79 Å². The van der Waals surface area contributed by atoms with Gasteiger partial charge in [-0.2, -0.15) is 0 Å². The second-order valence-electron chi connectivity index (χ2n) is 4.59. The number of piperazine rings is 1. The highest BCUT2D eigenvalue weighted by molar-refractivity contribution is 6.02. The molecule has 0 saturated carbocycles. The zero-order valence-electron chi connectivity index (χ0n) is 9.99. The maximum Gasteiger partial charge on any atom is 0.255 e. The molecule has 0 aromatic heterocycles. The van der Waals surface area contributed by atoms with E-state index in [1.807, 2.05) is 6.07 Å². The lowest BCUT2D eigenvalue weighted by Gasteiger charge is -2.42. The fraction of sp³-hybridized carbons (Fsp3) is 0.462. The minimum absolute atomic E-state index is 0.0558. The molecule has 0 unspecified atom stereocenters. The molecule has 2 aliphatic rings. The topological polar surface area (TPSA) is 44.4 Å². The number of fused-ring (bicyclic) bond motifs is 3. The quantitative estimate of drug-likeness (QED) is 0.749. The zero-order valence-corrected chi connectivity index (χ0v) is 9.99. The van der Waals surface area contributed by atoms with Gasteiger partial charge in [0, 0.05) is 19.6 Å². The molecule has 1 saturated heterocycles. The van der Waals surface area contributed by atoms with Crippen LogP contribution in [0.4, 0.5) is 5.69 Å². The fourth-order valence-electron chi connectivity index (χ4n) is 2.59. The number of carbonyl (C=O) groups excluding carboxylic acids is 1. The number of aryl methyl sites for hydroxylation is 1. The van der Waals surface area contributed by atoms with Crippen molar-refractivity contribution in [2.45, 2.75) is 19.5 Å². The van der Waals surface area contributed by atoms with Crippen molar-refractivity contribution in [1.29, 1.82) is 0 Å². The Balaban J connectivity index is 2.04. The van der Waals surface area contributed by atoms with Gasteiger partial charge in [-0.15, -0.1) is 0 Å². The molecule has 0 radical (unpaired) electrons. The summed E-state index contributed by atoms with van der Waals surface area (Å²) >= 11 is 0. The van der Waals surface area contributed by atoms with Crippen LogP contribution in [-0.4, -0.2) is 31.7 Å². The third-order valence-corrected chi connectivity index (χ3v) is 3.56. The number of anilines is 1. The van der Waals surface area contributed by atoms with E-state index in [4.69, 9.17) is 0 Å². The van der Waals surface area contributed by atoms with E-state index in [2.05, 4.69) is 34.6 Å². The summed E-state index contributed by atoms with van der Waals surface area (Å²) in [5.74, 6) is 0.0558. The molecule has 1 fully saturated rings.